The minimum absolute atomic E-state index is 0. The summed E-state index contributed by atoms with van der Waals surface area (Å²) >= 11 is 0. The SMILES string of the molecule is CCCCOCC(=O)CC(=O)OCC.[Zr]. The number of hydrogen-bond acceptors (Lipinski definition) is 4. The number of ether oxygens (including phenoxy) is 2. The fraction of sp³-hybridized carbons (Fsp3) is 0.800. The molecule has 0 aromatic carbocycles. The molecule has 0 saturated carbocycles. The summed E-state index contributed by atoms with van der Waals surface area (Å²) in [4.78, 5) is 21.9. The molecule has 0 atom stereocenters. The van der Waals surface area contributed by atoms with Crippen LogP contribution in [0.5, 0.6) is 0 Å². The van der Waals surface area contributed by atoms with Crippen LogP contribution in [0.3, 0.4) is 0 Å². The monoisotopic (exact) mass is 292 g/mol. The van der Waals surface area contributed by atoms with Crippen molar-refractivity contribution in [1.82, 2.24) is 0 Å². The first kappa shape index (κ1) is 17.4. The summed E-state index contributed by atoms with van der Waals surface area (Å²) in [6.07, 6.45) is 1.79. The number of rotatable bonds is 8. The number of Topliss-reactive ketones (excluding diaryl/α,β-unsaturated/α-hetero) is 1. The van der Waals surface area contributed by atoms with Crippen molar-refractivity contribution in [2.24, 2.45) is 0 Å². The van der Waals surface area contributed by atoms with Gasteiger partial charge in [0, 0.05) is 32.8 Å². The number of esters is 1. The van der Waals surface area contributed by atoms with Gasteiger partial charge in [-0.2, -0.15) is 0 Å². The molecule has 0 aromatic heterocycles. The topological polar surface area (TPSA) is 52.6 Å². The molecule has 86 valence electrons. The average Bonchev–Trinajstić information content (AvgIpc) is 2.13. The van der Waals surface area contributed by atoms with E-state index in [9.17, 15) is 9.59 Å². The Kier molecular flexibility index (Phi) is 14.0. The molecule has 0 unspecified atom stereocenters. The molecule has 0 aliphatic rings. The molecule has 0 heterocycles. The van der Waals surface area contributed by atoms with Gasteiger partial charge in [-0.15, -0.1) is 0 Å². The molecule has 5 heteroatoms. The first-order valence-corrected chi connectivity index (χ1v) is 4.95. The van der Waals surface area contributed by atoms with E-state index in [0.717, 1.165) is 12.8 Å². The number of ketones is 1. The Morgan fingerprint density at radius 2 is 1.87 bits per heavy atom. The molecule has 0 amide bonds. The predicted octanol–water partition coefficient (Wildman–Crippen LogP) is 1.32. The molecule has 0 fully saturated rings. The Morgan fingerprint density at radius 3 is 2.40 bits per heavy atom. The molecule has 0 bridgehead atoms. The van der Waals surface area contributed by atoms with Crippen LogP contribution in [0.4, 0.5) is 0 Å². The van der Waals surface area contributed by atoms with Crippen LogP contribution >= 0.6 is 0 Å². The first-order chi connectivity index (χ1) is 6.70. The summed E-state index contributed by atoms with van der Waals surface area (Å²) in [7, 11) is 0. The first-order valence-electron chi connectivity index (χ1n) is 4.95. The molecule has 4 nitrogen and oxygen atoms in total. The molecule has 0 rings (SSSR count). The van der Waals surface area contributed by atoms with Crippen LogP contribution in [0.1, 0.15) is 33.1 Å². The summed E-state index contributed by atoms with van der Waals surface area (Å²) in [6, 6.07) is 0. The third-order valence-electron chi connectivity index (χ3n) is 1.55. The molecule has 15 heavy (non-hydrogen) atoms. The maximum atomic E-state index is 11.1. The van der Waals surface area contributed by atoms with Crippen molar-refractivity contribution in [3.05, 3.63) is 0 Å². The van der Waals surface area contributed by atoms with Gasteiger partial charge in [0.05, 0.1) is 6.61 Å². The number of carbonyl (C=O) groups excluding carboxylic acids is 2. The molecular formula is C10H18O4Zr. The van der Waals surface area contributed by atoms with Gasteiger partial charge in [-0.1, -0.05) is 13.3 Å². The zero-order valence-corrected chi connectivity index (χ0v) is 11.8. The third-order valence-corrected chi connectivity index (χ3v) is 1.55. The Bertz CT molecular complexity index is 182. The van der Waals surface area contributed by atoms with Crippen molar-refractivity contribution >= 4 is 11.8 Å². The Balaban J connectivity index is 0. The van der Waals surface area contributed by atoms with Crippen molar-refractivity contribution in [1.29, 1.82) is 0 Å². The largest absolute Gasteiger partial charge is 0.466 e. The van der Waals surface area contributed by atoms with E-state index < -0.39 is 5.97 Å². The van der Waals surface area contributed by atoms with Crippen molar-refractivity contribution < 1.29 is 45.3 Å². The molecule has 0 aromatic rings. The summed E-state index contributed by atoms with van der Waals surface area (Å²) in [5, 5.41) is 0. The maximum Gasteiger partial charge on any atom is 0.313 e. The van der Waals surface area contributed by atoms with Gasteiger partial charge < -0.3 is 9.47 Å². The Labute approximate surface area is 110 Å². The van der Waals surface area contributed by atoms with E-state index in [1.807, 2.05) is 6.92 Å². The van der Waals surface area contributed by atoms with Crippen molar-refractivity contribution in [3.63, 3.8) is 0 Å². The van der Waals surface area contributed by atoms with Gasteiger partial charge in [-0.3, -0.25) is 9.59 Å². The smallest absolute Gasteiger partial charge is 0.313 e. The van der Waals surface area contributed by atoms with Gasteiger partial charge in [0.2, 0.25) is 0 Å². The van der Waals surface area contributed by atoms with Crippen LogP contribution in [0.15, 0.2) is 0 Å². The second-order valence-corrected chi connectivity index (χ2v) is 2.93. The van der Waals surface area contributed by atoms with Gasteiger partial charge in [-0.25, -0.2) is 0 Å². The van der Waals surface area contributed by atoms with E-state index in [1.165, 1.54) is 0 Å². The van der Waals surface area contributed by atoms with E-state index in [4.69, 9.17) is 4.74 Å². The maximum absolute atomic E-state index is 11.1. The van der Waals surface area contributed by atoms with Crippen LogP contribution in [-0.4, -0.2) is 31.6 Å². The van der Waals surface area contributed by atoms with Crippen LogP contribution in [0.25, 0.3) is 0 Å². The zero-order chi connectivity index (χ0) is 10.8. The second-order valence-electron chi connectivity index (χ2n) is 2.93. The number of unbranched alkanes of at least 4 members (excludes halogenated alkanes) is 1. The summed E-state index contributed by atoms with van der Waals surface area (Å²) in [6.45, 7) is 4.65. The molecule has 0 radical (unpaired) electrons. The van der Waals surface area contributed by atoms with Gasteiger partial charge in [0.1, 0.15) is 13.0 Å². The zero-order valence-electron chi connectivity index (χ0n) is 9.38. The van der Waals surface area contributed by atoms with E-state index in [2.05, 4.69) is 4.74 Å². The standard InChI is InChI=1S/C10H18O4.Zr/c1-3-5-6-13-8-9(11)7-10(12)14-4-2;/h3-8H2,1-2H3;. The Hall–Kier alpha value is -0.0169. The normalized spacial score (nSPS) is 9.20. The van der Waals surface area contributed by atoms with Gasteiger partial charge in [-0.05, 0) is 13.3 Å². The summed E-state index contributed by atoms with van der Waals surface area (Å²) < 4.78 is 9.68. The van der Waals surface area contributed by atoms with Crippen LogP contribution < -0.4 is 0 Å². The molecular weight excluding hydrogens is 275 g/mol. The predicted molar refractivity (Wildman–Crippen MR) is 52.0 cm³/mol. The van der Waals surface area contributed by atoms with Crippen LogP contribution in [-0.2, 0) is 45.3 Å². The molecule has 0 N–H and O–H groups in total. The van der Waals surface area contributed by atoms with Crippen molar-refractivity contribution in [3.8, 4) is 0 Å². The quantitative estimate of drug-likeness (QED) is 0.385. The van der Waals surface area contributed by atoms with Gasteiger partial charge in [0.15, 0.2) is 5.78 Å². The summed E-state index contributed by atoms with van der Waals surface area (Å²) in [5.41, 5.74) is 0. The van der Waals surface area contributed by atoms with Crippen LogP contribution in [0, 0.1) is 0 Å². The minimum Gasteiger partial charge on any atom is -0.466 e. The van der Waals surface area contributed by atoms with E-state index in [1.54, 1.807) is 6.92 Å². The van der Waals surface area contributed by atoms with E-state index >= 15 is 0 Å². The number of carbonyl (C=O) groups is 2. The van der Waals surface area contributed by atoms with E-state index in [-0.39, 0.29) is 45.0 Å². The minimum atomic E-state index is -0.475. The van der Waals surface area contributed by atoms with Gasteiger partial charge in [0.25, 0.3) is 0 Å². The fourth-order valence-corrected chi connectivity index (χ4v) is 0.856. The molecule has 0 aliphatic carbocycles. The van der Waals surface area contributed by atoms with E-state index in [0.29, 0.717) is 13.2 Å². The molecule has 0 spiro atoms. The summed E-state index contributed by atoms with van der Waals surface area (Å²) in [5.74, 6) is -0.698. The van der Waals surface area contributed by atoms with Crippen molar-refractivity contribution in [2.75, 3.05) is 19.8 Å². The average molecular weight is 293 g/mol. The third kappa shape index (κ3) is 11.9. The Morgan fingerprint density at radius 1 is 1.20 bits per heavy atom. The second kappa shape index (κ2) is 12.1. The molecule has 0 aliphatic heterocycles. The van der Waals surface area contributed by atoms with Crippen molar-refractivity contribution in [2.45, 2.75) is 33.1 Å². The van der Waals surface area contributed by atoms with Crippen LogP contribution in [0.2, 0.25) is 0 Å². The molecule has 0 saturated heterocycles. The van der Waals surface area contributed by atoms with Gasteiger partial charge >= 0.3 is 5.97 Å². The number of hydrogen-bond donors (Lipinski definition) is 0. The fourth-order valence-electron chi connectivity index (χ4n) is 0.856.